The predicted octanol–water partition coefficient (Wildman–Crippen LogP) is 3.80. The Kier molecular flexibility index (Phi) is 6.21. The van der Waals surface area contributed by atoms with Gasteiger partial charge in [-0.2, -0.15) is 0 Å². The van der Waals surface area contributed by atoms with Gasteiger partial charge in [-0.25, -0.2) is 0 Å². The number of aryl methyl sites for hydroxylation is 1. The average molecular weight is 720 g/mol. The van der Waals surface area contributed by atoms with E-state index in [1.807, 2.05) is 0 Å². The normalized spacial score (nSPS) is 18.3. The third-order valence-electron chi connectivity index (χ3n) is 4.07. The van der Waals surface area contributed by atoms with Gasteiger partial charge in [0.25, 0.3) is 0 Å². The summed E-state index contributed by atoms with van der Waals surface area (Å²) in [5, 5.41) is 0. The van der Waals surface area contributed by atoms with Crippen LogP contribution in [-0.4, -0.2) is 40.2 Å². The Morgan fingerprint density at radius 3 is 2.35 bits per heavy atom. The SMILES string of the molecule is CN1CCC([NH][Pt]([I])([I])=[c]2n(C)ccn2-c2ccccc2)CC1. The number of benzene rings is 1. The number of nitrogens with one attached hydrogen (secondary N) is 1. The molecule has 1 aliphatic heterocycles. The molecule has 0 radical (unpaired) electrons. The molecule has 23 heavy (non-hydrogen) atoms. The van der Waals surface area contributed by atoms with Crippen LogP contribution < -0.4 is 3.88 Å². The van der Waals surface area contributed by atoms with Gasteiger partial charge >= 0.3 is 163 Å². The maximum atomic E-state index is 4.05. The van der Waals surface area contributed by atoms with Gasteiger partial charge in [0.1, 0.15) is 0 Å². The maximum absolute atomic E-state index is 4.05. The third-order valence-corrected chi connectivity index (χ3v) is 16.7. The molecule has 0 unspecified atom stereocenters. The van der Waals surface area contributed by atoms with Crippen molar-refractivity contribution < 1.29 is 8.49 Å². The van der Waals surface area contributed by atoms with Crippen molar-refractivity contribution in [3.05, 3.63) is 46.5 Å². The molecule has 0 amide bonds. The number of hydrogen-bond acceptors (Lipinski definition) is 2. The van der Waals surface area contributed by atoms with Gasteiger partial charge in [-0.15, -0.1) is 0 Å². The number of piperidine rings is 1. The number of halogens is 2. The molecule has 1 aliphatic rings. The van der Waals surface area contributed by atoms with Crippen LogP contribution in [0.1, 0.15) is 12.8 Å². The average Bonchev–Trinajstić information content (AvgIpc) is 2.93. The summed E-state index contributed by atoms with van der Waals surface area (Å²) >= 11 is 5.45. The molecule has 1 fully saturated rings. The van der Waals surface area contributed by atoms with E-state index in [1.165, 1.54) is 35.4 Å². The molecular formula is C16H23I2N4Pt. The minimum absolute atomic E-state index is 0.649. The van der Waals surface area contributed by atoms with Gasteiger partial charge in [0.05, 0.1) is 0 Å². The summed E-state index contributed by atoms with van der Waals surface area (Å²) in [5.74, 6) is 0. The van der Waals surface area contributed by atoms with Crippen LogP contribution in [0.2, 0.25) is 0 Å². The molecule has 4 nitrogen and oxygen atoms in total. The Balaban J connectivity index is 2.01. The van der Waals surface area contributed by atoms with Gasteiger partial charge in [-0.05, 0) is 0 Å². The van der Waals surface area contributed by atoms with Crippen LogP contribution in [0.5, 0.6) is 0 Å². The molecule has 0 saturated carbocycles. The molecule has 0 atom stereocenters. The molecule has 3 rings (SSSR count). The van der Waals surface area contributed by atoms with Gasteiger partial charge in [-0.3, -0.25) is 0 Å². The molecule has 0 spiro atoms. The zero-order valence-electron chi connectivity index (χ0n) is 13.4. The molecule has 7 heteroatoms. The number of rotatable bonds is 3. The Morgan fingerprint density at radius 1 is 1.04 bits per heavy atom. The van der Waals surface area contributed by atoms with Gasteiger partial charge in [0.2, 0.25) is 0 Å². The molecule has 0 bridgehead atoms. The summed E-state index contributed by atoms with van der Waals surface area (Å²) in [6.07, 6.45) is 6.87. The Hall–Kier alpha value is 0.498. The predicted molar refractivity (Wildman–Crippen MR) is 110 cm³/mol. The van der Waals surface area contributed by atoms with Crippen LogP contribution in [0.3, 0.4) is 0 Å². The summed E-state index contributed by atoms with van der Waals surface area (Å²) in [6, 6.07) is 11.3. The molecule has 0 aliphatic carbocycles. The van der Waals surface area contributed by atoms with E-state index in [9.17, 15) is 0 Å². The molecule has 1 N–H and O–H groups in total. The van der Waals surface area contributed by atoms with E-state index in [1.54, 1.807) is 0 Å². The van der Waals surface area contributed by atoms with Gasteiger partial charge in [0.15, 0.2) is 0 Å². The quantitative estimate of drug-likeness (QED) is 0.489. The summed E-state index contributed by atoms with van der Waals surface area (Å²) in [7, 11) is 2.08. The monoisotopic (exact) mass is 720 g/mol. The second-order valence-electron chi connectivity index (χ2n) is 5.89. The Morgan fingerprint density at radius 2 is 1.70 bits per heavy atom. The van der Waals surface area contributed by atoms with Crippen molar-refractivity contribution in [2.24, 2.45) is 7.05 Å². The van der Waals surface area contributed by atoms with E-state index < -0.39 is 8.49 Å². The van der Waals surface area contributed by atoms with Crippen LogP contribution in [0, 0.1) is 3.80 Å². The standard InChI is InChI=1S/C10H10N2.C6H13N2.2HI.Pt/c1-11-7-8-12(9-11)10-5-3-2-4-6-10;1-8-4-2-6(7)3-5-8;;;/h2-8H,1H3;6-7H,2-5H2,1H3;2*1H;/q;-1;;;+3/p-2. The van der Waals surface area contributed by atoms with Crippen LogP contribution in [-0.2, 0) is 15.5 Å². The fraction of sp³-hybridized carbons (Fsp3) is 0.438. The van der Waals surface area contributed by atoms with Crippen molar-refractivity contribution in [1.82, 2.24) is 17.9 Å². The first-order chi connectivity index (χ1) is 11.0. The van der Waals surface area contributed by atoms with Crippen molar-refractivity contribution in [2.45, 2.75) is 18.9 Å². The Bertz CT molecular complexity index is 739. The van der Waals surface area contributed by atoms with Crippen molar-refractivity contribution >= 4 is 38.7 Å². The topological polar surface area (TPSA) is 25.1 Å². The van der Waals surface area contributed by atoms with E-state index in [0.29, 0.717) is 6.04 Å². The minimum atomic E-state index is -2.31. The van der Waals surface area contributed by atoms with E-state index in [0.717, 1.165) is 0 Å². The summed E-state index contributed by atoms with van der Waals surface area (Å²) in [5.41, 5.74) is 1.25. The second-order valence-corrected chi connectivity index (χ2v) is 37.6. The Labute approximate surface area is 161 Å². The van der Waals surface area contributed by atoms with Gasteiger partial charge in [-0.1, -0.05) is 0 Å². The first-order valence-electron chi connectivity index (χ1n) is 7.62. The van der Waals surface area contributed by atoms with Crippen molar-refractivity contribution in [1.29, 1.82) is 0 Å². The molecule has 1 saturated heterocycles. The number of hydrogen-bond donors (Lipinski definition) is 1. The third kappa shape index (κ3) is 4.37. The number of para-hydroxylation sites is 1. The number of likely N-dealkylation sites (tertiary alicyclic amines) is 1. The molecule has 2 aromatic rings. The molecule has 1 aromatic carbocycles. The van der Waals surface area contributed by atoms with E-state index in [2.05, 4.69) is 113 Å². The fourth-order valence-corrected chi connectivity index (χ4v) is 18.4. The van der Waals surface area contributed by atoms with Crippen LogP contribution in [0.15, 0.2) is 42.7 Å². The molecule has 1 aromatic heterocycles. The summed E-state index contributed by atoms with van der Waals surface area (Å²) in [6.45, 7) is 2.40. The van der Waals surface area contributed by atoms with Crippen LogP contribution in [0.4, 0.5) is 0 Å². The van der Waals surface area contributed by atoms with Crippen molar-refractivity contribution in [2.75, 3.05) is 20.1 Å². The number of nitrogens with zero attached hydrogens (tertiary/aromatic N) is 3. The summed E-state index contributed by atoms with van der Waals surface area (Å²) in [4.78, 5) is 2.43. The van der Waals surface area contributed by atoms with E-state index in [4.69, 9.17) is 0 Å². The zero-order valence-corrected chi connectivity index (χ0v) is 19.9. The van der Waals surface area contributed by atoms with Crippen molar-refractivity contribution in [3.8, 4) is 5.69 Å². The number of imidazole rings is 1. The second kappa shape index (κ2) is 7.81. The van der Waals surface area contributed by atoms with Crippen LogP contribution in [0.25, 0.3) is 5.69 Å². The first-order valence-corrected chi connectivity index (χ1v) is 22.8. The molecular weight excluding hydrogens is 697 g/mol. The first kappa shape index (κ1) is 18.3. The van der Waals surface area contributed by atoms with Gasteiger partial charge < -0.3 is 0 Å². The molecule has 131 valence electrons. The van der Waals surface area contributed by atoms with E-state index in [-0.39, 0.29) is 0 Å². The number of aromatic nitrogens is 2. The fourth-order valence-electron chi connectivity index (χ4n) is 2.76. The van der Waals surface area contributed by atoms with Crippen molar-refractivity contribution in [3.63, 3.8) is 0 Å². The zero-order chi connectivity index (χ0) is 16.4. The molecule has 2 heterocycles. The van der Waals surface area contributed by atoms with E-state index >= 15 is 0 Å². The van der Waals surface area contributed by atoms with Crippen LogP contribution >= 0.6 is 38.7 Å². The van der Waals surface area contributed by atoms with Gasteiger partial charge in [0, 0.05) is 0 Å². The summed E-state index contributed by atoms with van der Waals surface area (Å²) < 4.78 is 10.1.